The Morgan fingerprint density at radius 3 is 2.39 bits per heavy atom. The third kappa shape index (κ3) is 3.84. The average Bonchev–Trinajstić information content (AvgIpc) is 3.11. The highest BCUT2D eigenvalue weighted by atomic mass is 32.1. The molecule has 1 N–H and O–H groups in total. The van der Waals surface area contributed by atoms with Crippen LogP contribution in [0, 0.1) is 17.1 Å². The topological polar surface area (TPSA) is 35.8 Å². The SMILES string of the molecule is N#Cc1ccc(CN[C@H](c2ccc(F)cc2)c2cccs2)cc1. The van der Waals surface area contributed by atoms with Gasteiger partial charge in [0.2, 0.25) is 0 Å². The summed E-state index contributed by atoms with van der Waals surface area (Å²) in [6.07, 6.45) is 0. The lowest BCUT2D eigenvalue weighted by Crippen LogP contribution is -2.21. The Labute approximate surface area is 138 Å². The third-order valence-corrected chi connectivity index (χ3v) is 4.56. The molecule has 0 radical (unpaired) electrons. The lowest BCUT2D eigenvalue weighted by atomic mass is 10.0. The molecule has 3 aromatic rings. The van der Waals surface area contributed by atoms with E-state index in [-0.39, 0.29) is 11.9 Å². The molecule has 0 fully saturated rings. The zero-order valence-electron chi connectivity index (χ0n) is 12.4. The molecule has 4 heteroatoms. The van der Waals surface area contributed by atoms with Gasteiger partial charge >= 0.3 is 0 Å². The molecule has 1 heterocycles. The van der Waals surface area contributed by atoms with Gasteiger partial charge in [0.25, 0.3) is 0 Å². The molecule has 0 saturated heterocycles. The number of rotatable bonds is 5. The number of nitriles is 1. The van der Waals surface area contributed by atoms with E-state index in [0.29, 0.717) is 12.1 Å². The number of halogens is 1. The van der Waals surface area contributed by atoms with E-state index in [1.807, 2.05) is 47.8 Å². The predicted molar refractivity (Wildman–Crippen MR) is 90.6 cm³/mol. The van der Waals surface area contributed by atoms with Crippen LogP contribution in [0.1, 0.15) is 27.6 Å². The Balaban J connectivity index is 1.79. The van der Waals surface area contributed by atoms with Crippen LogP contribution >= 0.6 is 11.3 Å². The highest BCUT2D eigenvalue weighted by molar-refractivity contribution is 7.10. The van der Waals surface area contributed by atoms with Crippen molar-refractivity contribution in [3.8, 4) is 6.07 Å². The molecule has 1 aromatic heterocycles. The van der Waals surface area contributed by atoms with Crippen molar-refractivity contribution >= 4 is 11.3 Å². The van der Waals surface area contributed by atoms with Crippen LogP contribution in [0.15, 0.2) is 66.0 Å². The Morgan fingerprint density at radius 1 is 1.04 bits per heavy atom. The number of hydrogen-bond donors (Lipinski definition) is 1. The van der Waals surface area contributed by atoms with Crippen LogP contribution in [-0.4, -0.2) is 0 Å². The van der Waals surface area contributed by atoms with E-state index in [2.05, 4.69) is 17.5 Å². The van der Waals surface area contributed by atoms with Crippen molar-refractivity contribution in [2.75, 3.05) is 0 Å². The van der Waals surface area contributed by atoms with Crippen molar-refractivity contribution in [3.63, 3.8) is 0 Å². The minimum absolute atomic E-state index is 0.0197. The lowest BCUT2D eigenvalue weighted by Gasteiger charge is -2.18. The highest BCUT2D eigenvalue weighted by Crippen LogP contribution is 2.26. The molecule has 2 nitrogen and oxygen atoms in total. The van der Waals surface area contributed by atoms with Gasteiger partial charge in [-0.05, 0) is 46.8 Å². The van der Waals surface area contributed by atoms with Crippen LogP contribution in [-0.2, 0) is 6.54 Å². The van der Waals surface area contributed by atoms with E-state index in [9.17, 15) is 4.39 Å². The summed E-state index contributed by atoms with van der Waals surface area (Å²) >= 11 is 1.67. The first-order valence-corrected chi connectivity index (χ1v) is 8.15. The molecule has 1 atom stereocenters. The predicted octanol–water partition coefficient (Wildman–Crippen LogP) is 4.64. The average molecular weight is 322 g/mol. The monoisotopic (exact) mass is 322 g/mol. The van der Waals surface area contributed by atoms with E-state index in [4.69, 9.17) is 5.26 Å². The van der Waals surface area contributed by atoms with Gasteiger partial charge in [0, 0.05) is 11.4 Å². The van der Waals surface area contributed by atoms with Crippen LogP contribution < -0.4 is 5.32 Å². The van der Waals surface area contributed by atoms with Crippen molar-refractivity contribution in [1.29, 1.82) is 5.26 Å². The molecule has 0 spiro atoms. The molecule has 2 aromatic carbocycles. The van der Waals surface area contributed by atoms with Gasteiger partial charge in [0.15, 0.2) is 0 Å². The molecular weight excluding hydrogens is 307 g/mol. The maximum atomic E-state index is 13.2. The van der Waals surface area contributed by atoms with E-state index < -0.39 is 0 Å². The zero-order chi connectivity index (χ0) is 16.1. The van der Waals surface area contributed by atoms with Gasteiger partial charge < -0.3 is 5.32 Å². The molecule has 0 unspecified atom stereocenters. The van der Waals surface area contributed by atoms with E-state index in [0.717, 1.165) is 11.1 Å². The zero-order valence-corrected chi connectivity index (χ0v) is 13.2. The van der Waals surface area contributed by atoms with Crippen LogP contribution in [0.3, 0.4) is 0 Å². The number of hydrogen-bond acceptors (Lipinski definition) is 3. The second-order valence-electron chi connectivity index (χ2n) is 5.19. The van der Waals surface area contributed by atoms with Gasteiger partial charge in [-0.15, -0.1) is 11.3 Å². The first kappa shape index (κ1) is 15.4. The summed E-state index contributed by atoms with van der Waals surface area (Å²) in [6, 6.07) is 20.3. The Morgan fingerprint density at radius 2 is 1.78 bits per heavy atom. The van der Waals surface area contributed by atoms with E-state index in [1.54, 1.807) is 11.3 Å². The normalized spacial score (nSPS) is 11.8. The van der Waals surface area contributed by atoms with E-state index >= 15 is 0 Å². The summed E-state index contributed by atoms with van der Waals surface area (Å²) in [7, 11) is 0. The largest absolute Gasteiger partial charge is 0.301 e. The second-order valence-corrected chi connectivity index (χ2v) is 6.17. The maximum absolute atomic E-state index is 13.2. The second kappa shape index (κ2) is 7.19. The van der Waals surface area contributed by atoms with Crippen molar-refractivity contribution in [1.82, 2.24) is 5.32 Å². The number of nitrogens with zero attached hydrogens (tertiary/aromatic N) is 1. The van der Waals surface area contributed by atoms with Crippen LogP contribution in [0.4, 0.5) is 4.39 Å². The molecule has 0 aliphatic rings. The standard InChI is InChI=1S/C19H15FN2S/c20-17-9-7-16(8-10-17)19(18-2-1-11-23-18)22-13-15-5-3-14(12-21)4-6-15/h1-11,19,22H,13H2/t19-/m1/s1. The van der Waals surface area contributed by atoms with Crippen molar-refractivity contribution in [2.45, 2.75) is 12.6 Å². The minimum atomic E-state index is -0.231. The minimum Gasteiger partial charge on any atom is -0.301 e. The van der Waals surface area contributed by atoms with Gasteiger partial charge in [-0.1, -0.05) is 30.3 Å². The first-order valence-electron chi connectivity index (χ1n) is 7.27. The van der Waals surface area contributed by atoms with E-state index in [1.165, 1.54) is 17.0 Å². The lowest BCUT2D eigenvalue weighted by molar-refractivity contribution is 0.604. The molecule has 0 amide bonds. The summed E-state index contributed by atoms with van der Waals surface area (Å²) in [5.74, 6) is -0.231. The third-order valence-electron chi connectivity index (χ3n) is 3.62. The molecule has 114 valence electrons. The van der Waals surface area contributed by atoms with Gasteiger partial charge in [-0.2, -0.15) is 5.26 Å². The highest BCUT2D eigenvalue weighted by Gasteiger charge is 2.14. The van der Waals surface area contributed by atoms with Crippen molar-refractivity contribution in [2.24, 2.45) is 0 Å². The summed E-state index contributed by atoms with van der Waals surface area (Å²) in [5, 5.41) is 14.4. The molecule has 0 aliphatic heterocycles. The molecule has 0 bridgehead atoms. The number of thiophene rings is 1. The maximum Gasteiger partial charge on any atom is 0.123 e. The summed E-state index contributed by atoms with van der Waals surface area (Å²) < 4.78 is 13.2. The Bertz CT molecular complexity index is 787. The fourth-order valence-electron chi connectivity index (χ4n) is 2.41. The van der Waals surface area contributed by atoms with Gasteiger partial charge in [-0.25, -0.2) is 4.39 Å². The summed E-state index contributed by atoms with van der Waals surface area (Å²) in [5.41, 5.74) is 2.79. The first-order chi connectivity index (χ1) is 11.3. The number of benzene rings is 2. The van der Waals surface area contributed by atoms with Crippen LogP contribution in [0.5, 0.6) is 0 Å². The summed E-state index contributed by atoms with van der Waals surface area (Å²) in [6.45, 7) is 0.672. The molecule has 3 rings (SSSR count). The molecule has 0 aliphatic carbocycles. The van der Waals surface area contributed by atoms with Gasteiger partial charge in [-0.3, -0.25) is 0 Å². The summed E-state index contributed by atoms with van der Waals surface area (Å²) in [4.78, 5) is 1.19. The number of nitrogens with one attached hydrogen (secondary N) is 1. The molecular formula is C19H15FN2S. The fraction of sp³-hybridized carbons (Fsp3) is 0.105. The van der Waals surface area contributed by atoms with Crippen LogP contribution in [0.25, 0.3) is 0 Å². The molecule has 0 saturated carbocycles. The van der Waals surface area contributed by atoms with Crippen molar-refractivity contribution in [3.05, 3.63) is 93.4 Å². The quantitative estimate of drug-likeness (QED) is 0.743. The Hall–Kier alpha value is -2.48. The Kier molecular flexibility index (Phi) is 4.82. The molecule has 23 heavy (non-hydrogen) atoms. The van der Waals surface area contributed by atoms with Gasteiger partial charge in [0.1, 0.15) is 5.82 Å². The van der Waals surface area contributed by atoms with Crippen molar-refractivity contribution < 1.29 is 4.39 Å². The smallest absolute Gasteiger partial charge is 0.123 e. The fourth-order valence-corrected chi connectivity index (χ4v) is 3.24. The van der Waals surface area contributed by atoms with Crippen LogP contribution in [0.2, 0.25) is 0 Å². The van der Waals surface area contributed by atoms with Gasteiger partial charge in [0.05, 0.1) is 17.7 Å².